The molecule has 0 saturated carbocycles. The van der Waals surface area contributed by atoms with Gasteiger partial charge in [0, 0.05) is 0 Å². The van der Waals surface area contributed by atoms with Crippen LogP contribution in [-0.2, 0) is 14.2 Å². The summed E-state index contributed by atoms with van der Waals surface area (Å²) in [5.74, 6) is -0.287. The van der Waals surface area contributed by atoms with E-state index in [-0.39, 0.29) is 11.3 Å². The Hall–Kier alpha value is -1.75. The molecule has 4 nitrogen and oxygen atoms in total. The molecule has 0 amide bonds. The minimum atomic E-state index is -0.528. The standard InChI is InChI=1S/C13H14BO4/c1-4-17-13(16)8(3)12-11-7(2)5-9(15)6-10(11)14-18-12/h5-6,12,15H,3-4H2,1-2H3. The predicted molar refractivity (Wildman–Crippen MR) is 67.8 cm³/mol. The van der Waals surface area contributed by atoms with E-state index in [9.17, 15) is 9.90 Å². The van der Waals surface area contributed by atoms with E-state index in [1.807, 2.05) is 6.92 Å². The van der Waals surface area contributed by atoms with E-state index in [0.29, 0.717) is 6.61 Å². The van der Waals surface area contributed by atoms with E-state index in [2.05, 4.69) is 6.58 Å². The number of phenolic OH excluding ortho intramolecular Hbond substituents is 1. The molecular weight excluding hydrogens is 231 g/mol. The van der Waals surface area contributed by atoms with Gasteiger partial charge >= 0.3 is 13.5 Å². The van der Waals surface area contributed by atoms with Gasteiger partial charge in [0.05, 0.1) is 18.3 Å². The molecule has 0 saturated heterocycles. The lowest BCUT2D eigenvalue weighted by molar-refractivity contribution is -0.139. The van der Waals surface area contributed by atoms with Crippen molar-refractivity contribution >= 4 is 18.9 Å². The number of hydrogen-bond acceptors (Lipinski definition) is 4. The van der Waals surface area contributed by atoms with Crippen LogP contribution < -0.4 is 5.46 Å². The first-order chi connectivity index (χ1) is 8.54. The fourth-order valence-electron chi connectivity index (χ4n) is 2.06. The first-order valence-corrected chi connectivity index (χ1v) is 5.72. The number of hydrogen-bond donors (Lipinski definition) is 1. The quantitative estimate of drug-likeness (QED) is 0.492. The first-order valence-electron chi connectivity index (χ1n) is 5.72. The lowest BCUT2D eigenvalue weighted by Crippen LogP contribution is -2.15. The van der Waals surface area contributed by atoms with Crippen molar-refractivity contribution in [3.63, 3.8) is 0 Å². The van der Waals surface area contributed by atoms with E-state index in [1.54, 1.807) is 19.1 Å². The van der Waals surface area contributed by atoms with Crippen molar-refractivity contribution in [1.82, 2.24) is 0 Å². The third-order valence-electron chi connectivity index (χ3n) is 2.85. The van der Waals surface area contributed by atoms with Crippen LogP contribution in [0.3, 0.4) is 0 Å². The maximum absolute atomic E-state index is 11.7. The number of aromatic hydroxyl groups is 1. The summed E-state index contributed by atoms with van der Waals surface area (Å²) in [6, 6.07) is 3.23. The molecule has 1 N–H and O–H groups in total. The van der Waals surface area contributed by atoms with Crippen molar-refractivity contribution in [1.29, 1.82) is 0 Å². The highest BCUT2D eigenvalue weighted by Crippen LogP contribution is 2.32. The number of aryl methyl sites for hydroxylation is 1. The number of benzene rings is 1. The molecule has 1 aromatic rings. The molecule has 1 radical (unpaired) electrons. The minimum absolute atomic E-state index is 0.175. The number of carbonyl (C=O) groups is 1. The number of esters is 1. The van der Waals surface area contributed by atoms with Crippen LogP contribution in [0.4, 0.5) is 0 Å². The third-order valence-corrected chi connectivity index (χ3v) is 2.85. The van der Waals surface area contributed by atoms with Gasteiger partial charge in [0.1, 0.15) is 5.75 Å². The summed E-state index contributed by atoms with van der Waals surface area (Å²) in [5.41, 5.74) is 2.74. The lowest BCUT2D eigenvalue weighted by Gasteiger charge is -2.16. The van der Waals surface area contributed by atoms with E-state index < -0.39 is 12.1 Å². The van der Waals surface area contributed by atoms with Crippen LogP contribution in [0.2, 0.25) is 0 Å². The molecule has 0 spiro atoms. The fraction of sp³-hybridized carbons (Fsp3) is 0.308. The molecule has 5 heteroatoms. The Bertz CT molecular complexity index is 510. The molecule has 1 aromatic carbocycles. The van der Waals surface area contributed by atoms with Crippen LogP contribution in [0.15, 0.2) is 24.3 Å². The Morgan fingerprint density at radius 3 is 3.00 bits per heavy atom. The second-order valence-electron chi connectivity index (χ2n) is 4.15. The maximum atomic E-state index is 11.7. The number of phenols is 1. The molecule has 1 atom stereocenters. The van der Waals surface area contributed by atoms with E-state index in [4.69, 9.17) is 9.39 Å². The molecule has 0 aliphatic carbocycles. The number of fused-ring (bicyclic) bond motifs is 1. The lowest BCUT2D eigenvalue weighted by atomic mass is 9.83. The van der Waals surface area contributed by atoms with Gasteiger partial charge in [0.25, 0.3) is 0 Å². The molecule has 1 unspecified atom stereocenters. The molecule has 2 rings (SSSR count). The summed E-state index contributed by atoms with van der Waals surface area (Å²) < 4.78 is 10.4. The van der Waals surface area contributed by atoms with Crippen molar-refractivity contribution in [2.75, 3.05) is 6.61 Å². The monoisotopic (exact) mass is 245 g/mol. The molecule has 0 fully saturated rings. The fourth-order valence-corrected chi connectivity index (χ4v) is 2.06. The Morgan fingerprint density at radius 2 is 2.33 bits per heavy atom. The molecule has 1 heterocycles. The zero-order chi connectivity index (χ0) is 13.3. The Morgan fingerprint density at radius 1 is 1.61 bits per heavy atom. The molecule has 18 heavy (non-hydrogen) atoms. The van der Waals surface area contributed by atoms with E-state index in [1.165, 1.54) is 7.48 Å². The van der Waals surface area contributed by atoms with E-state index >= 15 is 0 Å². The SMILES string of the molecule is C=C(C(=O)OCC)C1O[B]c2cc(O)cc(C)c21. The van der Waals surface area contributed by atoms with Gasteiger partial charge in [-0.15, -0.1) is 0 Å². The number of carbonyl (C=O) groups excluding carboxylic acids is 1. The summed E-state index contributed by atoms with van der Waals surface area (Å²) in [6.07, 6.45) is -0.528. The first kappa shape index (κ1) is 12.7. The molecular formula is C13H14BO4. The highest BCUT2D eigenvalue weighted by atomic mass is 16.5. The third kappa shape index (κ3) is 2.13. The van der Waals surface area contributed by atoms with Crippen molar-refractivity contribution in [2.45, 2.75) is 20.0 Å². The molecule has 1 aliphatic rings. The molecule has 0 bridgehead atoms. The van der Waals surface area contributed by atoms with Crippen LogP contribution in [0.1, 0.15) is 24.2 Å². The summed E-state index contributed by atoms with van der Waals surface area (Å²) in [5, 5.41) is 9.51. The highest BCUT2D eigenvalue weighted by molar-refractivity contribution is 6.49. The van der Waals surface area contributed by atoms with Gasteiger partial charge in [-0.3, -0.25) is 0 Å². The second kappa shape index (κ2) is 4.86. The van der Waals surface area contributed by atoms with Gasteiger partial charge in [0.15, 0.2) is 0 Å². The van der Waals surface area contributed by atoms with Crippen LogP contribution in [-0.4, -0.2) is 25.2 Å². The predicted octanol–water partition coefficient (Wildman–Crippen LogP) is 1.14. The van der Waals surface area contributed by atoms with Gasteiger partial charge in [-0.2, -0.15) is 0 Å². The maximum Gasteiger partial charge on any atom is 0.336 e. The van der Waals surface area contributed by atoms with Crippen LogP contribution in [0.25, 0.3) is 0 Å². The average Bonchev–Trinajstić information content (AvgIpc) is 2.72. The summed E-state index contributed by atoms with van der Waals surface area (Å²) in [7, 11) is 1.52. The Balaban J connectivity index is 2.32. The Labute approximate surface area is 106 Å². The number of rotatable bonds is 3. The second-order valence-corrected chi connectivity index (χ2v) is 4.15. The minimum Gasteiger partial charge on any atom is -0.508 e. The summed E-state index contributed by atoms with van der Waals surface area (Å²) in [4.78, 5) is 11.7. The van der Waals surface area contributed by atoms with Gasteiger partial charge in [-0.05, 0) is 42.6 Å². The van der Waals surface area contributed by atoms with E-state index in [0.717, 1.165) is 16.6 Å². The highest BCUT2D eigenvalue weighted by Gasteiger charge is 2.32. The largest absolute Gasteiger partial charge is 0.508 e. The molecule has 1 aliphatic heterocycles. The normalized spacial score (nSPS) is 16.9. The zero-order valence-corrected chi connectivity index (χ0v) is 10.4. The summed E-state index contributed by atoms with van der Waals surface area (Å²) >= 11 is 0. The Kier molecular flexibility index (Phi) is 3.43. The van der Waals surface area contributed by atoms with Crippen molar-refractivity contribution in [2.24, 2.45) is 0 Å². The van der Waals surface area contributed by atoms with Crippen LogP contribution in [0.5, 0.6) is 5.75 Å². The molecule has 0 aromatic heterocycles. The number of ether oxygens (including phenoxy) is 1. The van der Waals surface area contributed by atoms with Gasteiger partial charge in [0.2, 0.25) is 0 Å². The van der Waals surface area contributed by atoms with Crippen LogP contribution >= 0.6 is 0 Å². The van der Waals surface area contributed by atoms with Crippen molar-refractivity contribution in [3.8, 4) is 5.75 Å². The average molecular weight is 245 g/mol. The summed E-state index contributed by atoms with van der Waals surface area (Å²) in [6.45, 7) is 7.63. The van der Waals surface area contributed by atoms with Crippen LogP contribution in [0, 0.1) is 6.92 Å². The van der Waals surface area contributed by atoms with Gasteiger partial charge in [-0.25, -0.2) is 4.79 Å². The van der Waals surface area contributed by atoms with Gasteiger partial charge in [-0.1, -0.05) is 6.58 Å². The van der Waals surface area contributed by atoms with Gasteiger partial charge < -0.3 is 14.5 Å². The van der Waals surface area contributed by atoms with Crippen molar-refractivity contribution in [3.05, 3.63) is 35.4 Å². The molecule has 93 valence electrons. The smallest absolute Gasteiger partial charge is 0.336 e. The topological polar surface area (TPSA) is 55.8 Å². The zero-order valence-electron chi connectivity index (χ0n) is 10.4. The van der Waals surface area contributed by atoms with Crippen molar-refractivity contribution < 1.29 is 19.3 Å².